The Hall–Kier alpha value is -2.95. The van der Waals surface area contributed by atoms with Crippen molar-refractivity contribution in [1.82, 2.24) is 15.0 Å². The van der Waals surface area contributed by atoms with E-state index in [0.717, 1.165) is 12.1 Å². The van der Waals surface area contributed by atoms with Crippen LogP contribution in [0, 0.1) is 17.6 Å². The molecule has 6 nitrogen and oxygen atoms in total. The van der Waals surface area contributed by atoms with Crippen LogP contribution in [-0.2, 0) is 6.42 Å². The molecule has 1 saturated heterocycles. The Morgan fingerprint density at radius 1 is 1.19 bits per heavy atom. The maximum absolute atomic E-state index is 13.5. The van der Waals surface area contributed by atoms with E-state index in [1.165, 1.54) is 17.2 Å². The van der Waals surface area contributed by atoms with Gasteiger partial charge < -0.3 is 14.8 Å². The first kappa shape index (κ1) is 21.3. The molecular weight excluding hydrogens is 423 g/mol. The Bertz CT molecular complexity index is 1080. The quantitative estimate of drug-likeness (QED) is 0.571. The van der Waals surface area contributed by atoms with E-state index in [9.17, 15) is 26.7 Å². The number of aromatic amines is 1. The number of hydrogen-bond acceptors (Lipinski definition) is 4. The normalized spacial score (nSPS) is 16.2. The molecule has 1 amide bonds. The summed E-state index contributed by atoms with van der Waals surface area (Å²) in [6.45, 7) is -0.205. The van der Waals surface area contributed by atoms with Gasteiger partial charge in [0, 0.05) is 30.1 Å². The van der Waals surface area contributed by atoms with Crippen LogP contribution in [-0.4, -0.2) is 46.8 Å². The molecule has 1 aliphatic heterocycles. The molecular formula is C20H19F5N4O2. The number of rotatable bonds is 5. The second-order valence-electron chi connectivity index (χ2n) is 7.69. The Labute approximate surface area is 173 Å². The molecule has 0 radical (unpaired) electrons. The molecule has 0 saturated carbocycles. The number of aromatic nitrogens is 2. The summed E-state index contributed by atoms with van der Waals surface area (Å²) >= 11 is 0. The van der Waals surface area contributed by atoms with Crippen LogP contribution < -0.4 is 5.32 Å². The number of amides is 1. The number of carbonyl (C=O) groups is 1. The van der Waals surface area contributed by atoms with Crippen molar-refractivity contribution in [2.45, 2.75) is 25.4 Å². The fourth-order valence-corrected chi connectivity index (χ4v) is 3.81. The minimum Gasteiger partial charge on any atom is -0.361 e. The Kier molecular flexibility index (Phi) is 5.69. The van der Waals surface area contributed by atoms with Gasteiger partial charge in [0.15, 0.2) is 17.3 Å². The van der Waals surface area contributed by atoms with Crippen LogP contribution in [0.5, 0.6) is 0 Å². The van der Waals surface area contributed by atoms with Crippen LogP contribution in [0.1, 0.15) is 29.1 Å². The molecule has 0 aliphatic carbocycles. The monoisotopic (exact) mass is 442 g/mol. The molecule has 3 heterocycles. The zero-order valence-electron chi connectivity index (χ0n) is 16.2. The average molecular weight is 442 g/mol. The lowest BCUT2D eigenvalue weighted by Crippen LogP contribution is -2.40. The van der Waals surface area contributed by atoms with Gasteiger partial charge in [0.25, 0.3) is 5.91 Å². The van der Waals surface area contributed by atoms with Crippen LogP contribution in [0.25, 0.3) is 10.9 Å². The Balaban J connectivity index is 1.35. The third-order valence-electron chi connectivity index (χ3n) is 5.36. The van der Waals surface area contributed by atoms with Gasteiger partial charge >= 0.3 is 6.18 Å². The minimum atomic E-state index is -4.20. The molecule has 0 bridgehead atoms. The SMILES string of the molecule is O=C(Nc1c[nH]c2cc(F)c(F)cc12)c1cc(CC2CCN(CC(F)(F)F)CC2)on1. The summed E-state index contributed by atoms with van der Waals surface area (Å²) in [5.41, 5.74) is 0.605. The molecule has 3 aromatic rings. The third-order valence-corrected chi connectivity index (χ3v) is 5.36. The van der Waals surface area contributed by atoms with Crippen LogP contribution >= 0.6 is 0 Å². The summed E-state index contributed by atoms with van der Waals surface area (Å²) in [6, 6.07) is 3.46. The highest BCUT2D eigenvalue weighted by molar-refractivity contribution is 6.08. The van der Waals surface area contributed by atoms with E-state index in [-0.39, 0.29) is 17.3 Å². The van der Waals surface area contributed by atoms with E-state index >= 15 is 0 Å². The predicted octanol–water partition coefficient (Wildman–Crippen LogP) is 4.50. The topological polar surface area (TPSA) is 74.2 Å². The zero-order chi connectivity index (χ0) is 22.2. The van der Waals surface area contributed by atoms with Crippen LogP contribution in [0.3, 0.4) is 0 Å². The van der Waals surface area contributed by atoms with Crippen LogP contribution in [0.2, 0.25) is 0 Å². The minimum absolute atomic E-state index is 0.0152. The number of nitrogens with zero attached hydrogens (tertiary/aromatic N) is 2. The average Bonchev–Trinajstić information content (AvgIpc) is 3.30. The Morgan fingerprint density at radius 2 is 1.90 bits per heavy atom. The third kappa shape index (κ3) is 5.04. The maximum atomic E-state index is 13.5. The molecule has 4 rings (SSSR count). The van der Waals surface area contributed by atoms with Gasteiger partial charge in [-0.3, -0.25) is 9.69 Å². The highest BCUT2D eigenvalue weighted by Crippen LogP contribution is 2.27. The summed E-state index contributed by atoms with van der Waals surface area (Å²) in [5.74, 6) is -2.02. The molecule has 0 spiro atoms. The van der Waals surface area contributed by atoms with Crippen molar-refractivity contribution in [3.05, 3.63) is 47.5 Å². The molecule has 166 valence electrons. The molecule has 1 fully saturated rings. The highest BCUT2D eigenvalue weighted by Gasteiger charge is 2.32. The van der Waals surface area contributed by atoms with E-state index < -0.39 is 30.3 Å². The summed E-state index contributed by atoms with van der Waals surface area (Å²) in [4.78, 5) is 16.6. The van der Waals surface area contributed by atoms with Crippen molar-refractivity contribution >= 4 is 22.5 Å². The van der Waals surface area contributed by atoms with Gasteiger partial charge in [0.2, 0.25) is 0 Å². The lowest BCUT2D eigenvalue weighted by molar-refractivity contribution is -0.148. The number of carbonyl (C=O) groups excluding carboxylic acids is 1. The smallest absolute Gasteiger partial charge is 0.361 e. The molecule has 31 heavy (non-hydrogen) atoms. The van der Waals surface area contributed by atoms with Crippen LogP contribution in [0.4, 0.5) is 27.6 Å². The first-order valence-corrected chi connectivity index (χ1v) is 9.70. The highest BCUT2D eigenvalue weighted by atomic mass is 19.4. The standard InChI is InChI=1S/C20H19F5N4O2/c21-14-7-13-16(8-15(14)22)26-9-18(13)27-19(30)17-6-12(31-28-17)5-11-1-3-29(4-2-11)10-20(23,24)25/h6-9,11,26H,1-5,10H2,(H,27,30). The number of nitrogens with one attached hydrogen (secondary N) is 2. The number of alkyl halides is 3. The fourth-order valence-electron chi connectivity index (χ4n) is 3.81. The van der Waals surface area contributed by atoms with Crippen molar-refractivity contribution in [3.8, 4) is 0 Å². The number of halogens is 5. The van der Waals surface area contributed by atoms with Gasteiger partial charge in [-0.05, 0) is 37.9 Å². The van der Waals surface area contributed by atoms with Gasteiger partial charge in [0.05, 0.1) is 17.7 Å². The molecule has 2 aromatic heterocycles. The van der Waals surface area contributed by atoms with Crippen molar-refractivity contribution in [1.29, 1.82) is 0 Å². The van der Waals surface area contributed by atoms with E-state index in [0.29, 0.717) is 49.0 Å². The summed E-state index contributed by atoms with van der Waals surface area (Å²) < 4.78 is 69.5. The van der Waals surface area contributed by atoms with Gasteiger partial charge in [-0.15, -0.1) is 0 Å². The largest absolute Gasteiger partial charge is 0.401 e. The van der Waals surface area contributed by atoms with E-state index in [2.05, 4.69) is 15.5 Å². The summed E-state index contributed by atoms with van der Waals surface area (Å²) in [7, 11) is 0. The first-order valence-electron chi connectivity index (χ1n) is 9.70. The molecule has 0 atom stereocenters. The molecule has 1 aromatic carbocycles. The lowest BCUT2D eigenvalue weighted by Gasteiger charge is -2.31. The second-order valence-corrected chi connectivity index (χ2v) is 7.69. The predicted molar refractivity (Wildman–Crippen MR) is 102 cm³/mol. The first-order chi connectivity index (χ1) is 14.7. The number of likely N-dealkylation sites (tertiary alicyclic amines) is 1. The number of H-pyrrole nitrogens is 1. The van der Waals surface area contributed by atoms with E-state index in [1.54, 1.807) is 0 Å². The van der Waals surface area contributed by atoms with Gasteiger partial charge in [0.1, 0.15) is 5.76 Å². The van der Waals surface area contributed by atoms with Gasteiger partial charge in [-0.1, -0.05) is 5.16 Å². The lowest BCUT2D eigenvalue weighted by atomic mass is 9.92. The van der Waals surface area contributed by atoms with E-state index in [1.807, 2.05) is 0 Å². The van der Waals surface area contributed by atoms with Crippen LogP contribution in [0.15, 0.2) is 28.9 Å². The molecule has 1 aliphatic rings. The molecule has 0 unspecified atom stereocenters. The fraction of sp³-hybridized carbons (Fsp3) is 0.400. The second kappa shape index (κ2) is 8.29. The zero-order valence-corrected chi connectivity index (χ0v) is 16.2. The number of fused-ring (bicyclic) bond motifs is 1. The van der Waals surface area contributed by atoms with Gasteiger partial charge in [-0.2, -0.15) is 13.2 Å². The molecule has 11 heteroatoms. The summed E-state index contributed by atoms with van der Waals surface area (Å²) in [6.07, 6.45) is -1.13. The number of piperidine rings is 1. The molecule has 2 N–H and O–H groups in total. The Morgan fingerprint density at radius 3 is 2.61 bits per heavy atom. The number of hydrogen-bond donors (Lipinski definition) is 2. The van der Waals surface area contributed by atoms with Crippen molar-refractivity contribution in [2.75, 3.05) is 25.0 Å². The van der Waals surface area contributed by atoms with Gasteiger partial charge in [-0.25, -0.2) is 8.78 Å². The number of benzene rings is 1. The van der Waals surface area contributed by atoms with E-state index in [4.69, 9.17) is 4.52 Å². The maximum Gasteiger partial charge on any atom is 0.401 e. The summed E-state index contributed by atoms with van der Waals surface area (Å²) in [5, 5.41) is 6.63. The van der Waals surface area contributed by atoms with Crippen molar-refractivity contribution in [2.24, 2.45) is 5.92 Å². The van der Waals surface area contributed by atoms with Crippen molar-refractivity contribution in [3.63, 3.8) is 0 Å². The number of anilines is 1. The van der Waals surface area contributed by atoms with Crippen molar-refractivity contribution < 1.29 is 31.3 Å².